The molecule has 9 nitrogen and oxygen atoms in total. The highest BCUT2D eigenvalue weighted by molar-refractivity contribution is 6.28. The number of phenols is 1. The Kier molecular flexibility index (Phi) is 4.99. The maximum absolute atomic E-state index is 13.3. The van der Waals surface area contributed by atoms with Gasteiger partial charge in [0.2, 0.25) is 0 Å². The van der Waals surface area contributed by atoms with Crippen LogP contribution in [-0.4, -0.2) is 47.2 Å². The molecule has 0 bridgehead atoms. The van der Waals surface area contributed by atoms with E-state index in [9.17, 15) is 33.9 Å². The number of carbonyl (C=O) groups is 6. The number of Topliss-reactive ketones (excluding diaryl/α,β-unsaturated/α-hetero) is 5. The number of benzene rings is 1. The number of carbonyl (C=O) groups excluding carboxylic acids is 6. The Morgan fingerprint density at radius 2 is 1.71 bits per heavy atom. The highest BCUT2D eigenvalue weighted by Crippen LogP contribution is 2.49. The fourth-order valence-electron chi connectivity index (χ4n) is 5.40. The van der Waals surface area contributed by atoms with Gasteiger partial charge in [0.25, 0.3) is 0 Å². The molecule has 5 atom stereocenters. The van der Waals surface area contributed by atoms with E-state index < -0.39 is 64.6 Å². The summed E-state index contributed by atoms with van der Waals surface area (Å²) >= 11 is 0. The van der Waals surface area contributed by atoms with Gasteiger partial charge in [-0.25, -0.2) is 4.79 Å². The summed E-state index contributed by atoms with van der Waals surface area (Å²) in [7, 11) is 1.19. The maximum atomic E-state index is 13.3. The van der Waals surface area contributed by atoms with Crippen LogP contribution in [-0.2, 0) is 30.3 Å². The van der Waals surface area contributed by atoms with Gasteiger partial charge < -0.3 is 9.84 Å². The topological polar surface area (TPSA) is 144 Å². The number of aromatic hydroxyl groups is 1. The highest BCUT2D eigenvalue weighted by Gasteiger charge is 2.57. The Morgan fingerprint density at radius 3 is 2.35 bits per heavy atom. The van der Waals surface area contributed by atoms with E-state index in [0.29, 0.717) is 5.56 Å². The van der Waals surface area contributed by atoms with Crippen molar-refractivity contribution >= 4 is 40.7 Å². The molecule has 0 radical (unpaired) electrons. The molecule has 5 unspecified atom stereocenters. The van der Waals surface area contributed by atoms with Crippen LogP contribution in [0.4, 0.5) is 10.5 Å². The molecule has 3 aliphatic carbocycles. The van der Waals surface area contributed by atoms with E-state index in [4.69, 9.17) is 0 Å². The predicted molar refractivity (Wildman–Crippen MR) is 105 cm³/mol. The third-order valence-electron chi connectivity index (χ3n) is 6.65. The number of hydrogen-bond acceptors (Lipinski definition) is 8. The number of nitrogens with one attached hydrogen (secondary N) is 1. The molecule has 0 saturated heterocycles. The fraction of sp³-hybridized carbons (Fsp3) is 0.455. The van der Waals surface area contributed by atoms with Gasteiger partial charge in [0, 0.05) is 12.1 Å². The molecule has 3 aliphatic rings. The van der Waals surface area contributed by atoms with Crippen LogP contribution in [0.2, 0.25) is 0 Å². The van der Waals surface area contributed by atoms with Crippen molar-refractivity contribution in [3.8, 4) is 5.75 Å². The number of fused-ring (bicyclic) bond motifs is 3. The van der Waals surface area contributed by atoms with E-state index in [0.717, 1.165) is 6.92 Å². The Balaban J connectivity index is 1.74. The highest BCUT2D eigenvalue weighted by atomic mass is 16.5. The van der Waals surface area contributed by atoms with Gasteiger partial charge in [-0.1, -0.05) is 0 Å². The molecule has 1 aromatic carbocycles. The largest absolute Gasteiger partial charge is 0.507 e. The quantitative estimate of drug-likeness (QED) is 0.534. The van der Waals surface area contributed by atoms with Crippen molar-refractivity contribution in [2.75, 3.05) is 12.4 Å². The van der Waals surface area contributed by atoms with Crippen molar-refractivity contribution < 1.29 is 38.6 Å². The summed E-state index contributed by atoms with van der Waals surface area (Å²) in [5.74, 6) is -8.14. The van der Waals surface area contributed by atoms with E-state index in [-0.39, 0.29) is 36.3 Å². The van der Waals surface area contributed by atoms with Gasteiger partial charge in [-0.15, -0.1) is 0 Å². The number of methoxy groups -OCH3 is 1. The Morgan fingerprint density at radius 1 is 1.03 bits per heavy atom. The number of ether oxygens (including phenoxy) is 1. The molecular formula is C22H21NO8. The van der Waals surface area contributed by atoms with E-state index in [1.807, 2.05) is 0 Å². The lowest BCUT2D eigenvalue weighted by atomic mass is 9.56. The van der Waals surface area contributed by atoms with E-state index in [1.54, 1.807) is 0 Å². The van der Waals surface area contributed by atoms with E-state index in [1.165, 1.54) is 19.2 Å². The number of phenolic OH excluding ortho intramolecular Hbond substituents is 1. The Bertz CT molecular complexity index is 1060. The van der Waals surface area contributed by atoms with E-state index >= 15 is 0 Å². The van der Waals surface area contributed by atoms with Gasteiger partial charge in [-0.05, 0) is 49.3 Å². The summed E-state index contributed by atoms with van der Waals surface area (Å²) < 4.78 is 4.60. The smallest absolute Gasteiger partial charge is 0.411 e. The fourth-order valence-corrected chi connectivity index (χ4v) is 5.40. The normalized spacial score (nSPS) is 29.5. The minimum absolute atomic E-state index is 0.0654. The number of amides is 1. The second-order valence-corrected chi connectivity index (χ2v) is 8.40. The number of anilines is 1. The molecule has 0 spiro atoms. The standard InChI is InChI=1S/C22H21NO8/c1-8(24)15-14(26)7-10-5-9-6-11-12(23-22(30)31-2)3-4-13(25)18(11)21(29)16(9)20(28)17(10)19(15)27/h3-4,9-10,15-17,25H,5-7H2,1-2H3,(H,23,30). The van der Waals surface area contributed by atoms with Gasteiger partial charge in [0.05, 0.1) is 24.5 Å². The first-order chi connectivity index (χ1) is 14.6. The first-order valence-electron chi connectivity index (χ1n) is 10.00. The van der Waals surface area contributed by atoms with Crippen LogP contribution in [0.15, 0.2) is 12.1 Å². The van der Waals surface area contributed by atoms with Crippen LogP contribution in [0.5, 0.6) is 5.75 Å². The number of hydrogen-bond donors (Lipinski definition) is 2. The molecule has 1 amide bonds. The van der Waals surface area contributed by atoms with Crippen LogP contribution in [0.25, 0.3) is 0 Å². The van der Waals surface area contributed by atoms with Gasteiger partial charge in [0.1, 0.15) is 17.5 Å². The summed E-state index contributed by atoms with van der Waals surface area (Å²) in [4.78, 5) is 75.3. The second kappa shape index (κ2) is 7.40. The molecule has 0 aromatic heterocycles. The number of ketones is 5. The monoisotopic (exact) mass is 427 g/mol. The second-order valence-electron chi connectivity index (χ2n) is 8.40. The Hall–Kier alpha value is -3.36. The molecule has 2 N–H and O–H groups in total. The SMILES string of the molecule is COC(=O)Nc1ccc(O)c2c1CC1CC3CC(=O)C(C(C)=O)C(=O)C3C(=O)C1C2=O. The molecule has 4 rings (SSSR count). The average Bonchev–Trinajstić information content (AvgIpc) is 2.68. The lowest BCUT2D eigenvalue weighted by Gasteiger charge is -2.44. The number of rotatable bonds is 2. The first kappa shape index (κ1) is 20.9. The van der Waals surface area contributed by atoms with E-state index in [2.05, 4.69) is 10.1 Å². The van der Waals surface area contributed by atoms with Crippen molar-refractivity contribution in [3.63, 3.8) is 0 Å². The molecule has 162 valence electrons. The third-order valence-corrected chi connectivity index (χ3v) is 6.65. The minimum Gasteiger partial charge on any atom is -0.507 e. The van der Waals surface area contributed by atoms with Crippen molar-refractivity contribution in [1.29, 1.82) is 0 Å². The van der Waals surface area contributed by atoms with Gasteiger partial charge in [0.15, 0.2) is 23.1 Å². The Labute approximate surface area is 177 Å². The zero-order chi connectivity index (χ0) is 22.6. The summed E-state index contributed by atoms with van der Waals surface area (Å²) in [6, 6.07) is 2.69. The van der Waals surface area contributed by atoms with Crippen LogP contribution >= 0.6 is 0 Å². The van der Waals surface area contributed by atoms with Crippen molar-refractivity contribution in [2.24, 2.45) is 29.6 Å². The summed E-state index contributed by atoms with van der Waals surface area (Å²) in [5.41, 5.74) is 0.607. The molecular weight excluding hydrogens is 406 g/mol. The van der Waals surface area contributed by atoms with Gasteiger partial charge >= 0.3 is 6.09 Å². The first-order valence-corrected chi connectivity index (χ1v) is 10.00. The minimum atomic E-state index is -1.45. The lowest BCUT2D eigenvalue weighted by molar-refractivity contribution is -0.152. The summed E-state index contributed by atoms with van der Waals surface area (Å²) in [6.45, 7) is 1.15. The molecule has 0 aliphatic heterocycles. The van der Waals surface area contributed by atoms with Crippen molar-refractivity contribution in [3.05, 3.63) is 23.3 Å². The zero-order valence-corrected chi connectivity index (χ0v) is 17.0. The van der Waals surface area contributed by atoms with Gasteiger partial charge in [-0.3, -0.25) is 29.3 Å². The maximum Gasteiger partial charge on any atom is 0.411 e. The predicted octanol–water partition coefficient (Wildman–Crippen LogP) is 1.49. The molecule has 1 aromatic rings. The molecule has 2 saturated carbocycles. The molecule has 2 fully saturated rings. The van der Waals surface area contributed by atoms with Crippen molar-refractivity contribution in [1.82, 2.24) is 0 Å². The van der Waals surface area contributed by atoms with Crippen LogP contribution in [0.3, 0.4) is 0 Å². The van der Waals surface area contributed by atoms with Crippen LogP contribution in [0, 0.1) is 29.6 Å². The summed E-state index contributed by atoms with van der Waals surface area (Å²) in [6.07, 6.45) is -0.334. The molecule has 31 heavy (non-hydrogen) atoms. The third kappa shape index (κ3) is 3.15. The van der Waals surface area contributed by atoms with Crippen LogP contribution in [0.1, 0.15) is 35.7 Å². The van der Waals surface area contributed by atoms with Gasteiger partial charge in [-0.2, -0.15) is 0 Å². The van der Waals surface area contributed by atoms with Crippen LogP contribution < -0.4 is 5.32 Å². The van der Waals surface area contributed by atoms with Crippen molar-refractivity contribution in [2.45, 2.75) is 26.2 Å². The molecule has 9 heteroatoms. The lowest BCUT2D eigenvalue weighted by Crippen LogP contribution is -2.55. The average molecular weight is 427 g/mol. The summed E-state index contributed by atoms with van der Waals surface area (Å²) in [5, 5.41) is 12.8. The zero-order valence-electron chi connectivity index (χ0n) is 17.0. The molecule has 0 heterocycles.